The fourth-order valence-electron chi connectivity index (χ4n) is 5.07. The van der Waals surface area contributed by atoms with E-state index in [1.807, 2.05) is 30.0 Å². The maximum absolute atomic E-state index is 13.8. The number of nitrogens with two attached hydrogens (primary N) is 1. The summed E-state index contributed by atoms with van der Waals surface area (Å²) < 4.78 is 11.1. The second-order valence-electron chi connectivity index (χ2n) is 11.0. The lowest BCUT2D eigenvalue weighted by Gasteiger charge is -2.28. The molecule has 0 radical (unpaired) electrons. The lowest BCUT2D eigenvalue weighted by molar-refractivity contribution is -0.136. The molecule has 4 rings (SSSR count). The third kappa shape index (κ3) is 9.01. The van der Waals surface area contributed by atoms with Crippen molar-refractivity contribution in [1.82, 2.24) is 4.90 Å². The van der Waals surface area contributed by atoms with Gasteiger partial charge in [0.05, 0.1) is 32.6 Å². The predicted octanol–water partition coefficient (Wildman–Crippen LogP) is 8.12. The topological polar surface area (TPSA) is 64.8 Å². The number of carbonyl (C=O) groups is 1. The number of benzene rings is 3. The van der Waals surface area contributed by atoms with E-state index < -0.39 is 0 Å². The van der Waals surface area contributed by atoms with E-state index in [1.165, 1.54) is 0 Å². The van der Waals surface area contributed by atoms with Gasteiger partial charge in [-0.1, -0.05) is 76.7 Å². The van der Waals surface area contributed by atoms with Crippen molar-refractivity contribution in [2.45, 2.75) is 58.0 Å². The normalized spacial score (nSPS) is 13.7. The van der Waals surface area contributed by atoms with Crippen LogP contribution in [0, 0.1) is 12.8 Å². The Morgan fingerprint density at radius 1 is 0.929 bits per heavy atom. The molecule has 1 unspecified atom stereocenters. The van der Waals surface area contributed by atoms with Crippen LogP contribution in [0.15, 0.2) is 48.5 Å². The molecular weight excluding hydrogens is 614 g/mol. The third-order valence-corrected chi connectivity index (χ3v) is 8.91. The minimum absolute atomic E-state index is 0.0568. The SMILES string of the molecule is COCCCc1cc(Cl)c(Cl)c(CN(C(=O)C(CN)Cc2ccc(CCOc3c(Cl)cc(C)cc3Cl)cc2)C2CC2)c1. The average molecular weight is 652 g/mol. The first-order valence-corrected chi connectivity index (χ1v) is 15.8. The molecule has 9 heteroatoms. The number of hydrogen-bond donors (Lipinski definition) is 1. The molecule has 42 heavy (non-hydrogen) atoms. The summed E-state index contributed by atoms with van der Waals surface area (Å²) in [7, 11) is 1.69. The summed E-state index contributed by atoms with van der Waals surface area (Å²) in [4.78, 5) is 15.7. The van der Waals surface area contributed by atoms with Gasteiger partial charge in [0.2, 0.25) is 5.91 Å². The molecule has 2 N–H and O–H groups in total. The third-order valence-electron chi connectivity index (χ3n) is 7.51. The van der Waals surface area contributed by atoms with E-state index in [9.17, 15) is 4.79 Å². The number of ether oxygens (including phenoxy) is 2. The Bertz CT molecular complexity index is 1340. The van der Waals surface area contributed by atoms with Gasteiger partial charge in [0.15, 0.2) is 5.75 Å². The molecule has 5 nitrogen and oxygen atoms in total. The van der Waals surface area contributed by atoms with E-state index in [-0.39, 0.29) is 24.4 Å². The molecule has 1 aliphatic rings. The number of halogens is 4. The Labute approximate surface area is 269 Å². The van der Waals surface area contributed by atoms with Crippen molar-refractivity contribution in [3.63, 3.8) is 0 Å². The molecule has 1 fully saturated rings. The van der Waals surface area contributed by atoms with Gasteiger partial charge in [0.25, 0.3) is 0 Å². The largest absolute Gasteiger partial charge is 0.490 e. The number of amides is 1. The van der Waals surface area contributed by atoms with Crippen molar-refractivity contribution >= 4 is 52.3 Å². The van der Waals surface area contributed by atoms with Gasteiger partial charge in [-0.2, -0.15) is 0 Å². The van der Waals surface area contributed by atoms with Crippen LogP contribution in [0.25, 0.3) is 0 Å². The molecule has 1 atom stereocenters. The highest BCUT2D eigenvalue weighted by Crippen LogP contribution is 2.35. The van der Waals surface area contributed by atoms with Gasteiger partial charge in [-0.15, -0.1) is 0 Å². The molecule has 226 valence electrons. The maximum Gasteiger partial charge on any atom is 0.227 e. The van der Waals surface area contributed by atoms with Gasteiger partial charge in [0, 0.05) is 39.3 Å². The summed E-state index contributed by atoms with van der Waals surface area (Å²) in [5.41, 5.74) is 11.3. The van der Waals surface area contributed by atoms with Crippen molar-refractivity contribution in [2.75, 3.05) is 26.9 Å². The van der Waals surface area contributed by atoms with Crippen molar-refractivity contribution in [3.05, 3.63) is 96.4 Å². The van der Waals surface area contributed by atoms with Gasteiger partial charge >= 0.3 is 0 Å². The summed E-state index contributed by atoms with van der Waals surface area (Å²) in [6, 6.07) is 16.1. The Morgan fingerprint density at radius 2 is 1.60 bits per heavy atom. The second kappa shape index (κ2) is 15.7. The van der Waals surface area contributed by atoms with Crippen molar-refractivity contribution in [3.8, 4) is 5.75 Å². The van der Waals surface area contributed by atoms with Crippen molar-refractivity contribution < 1.29 is 14.3 Å². The highest BCUT2D eigenvalue weighted by atomic mass is 35.5. The highest BCUT2D eigenvalue weighted by Gasteiger charge is 2.36. The lowest BCUT2D eigenvalue weighted by atomic mass is 9.96. The standard InChI is InChI=1S/C33H38Cl4N2O3/c1-21-14-29(35)32(30(36)15-21)42-13-11-22-5-7-23(8-6-22)16-25(19-38)33(40)39(27-9-10-27)20-26-17-24(4-3-12-41-2)18-28(34)31(26)37/h5-8,14-15,17-18,25,27H,3-4,9-13,16,19-20,38H2,1-2H3. The summed E-state index contributed by atoms with van der Waals surface area (Å²) in [6.07, 6.45) is 4.94. The molecule has 0 aliphatic heterocycles. The minimum atomic E-state index is -0.329. The van der Waals surface area contributed by atoms with Crippen LogP contribution in [-0.2, 0) is 35.3 Å². The first-order chi connectivity index (χ1) is 20.2. The molecular formula is C33H38Cl4N2O3. The van der Waals surface area contributed by atoms with E-state index in [0.717, 1.165) is 53.5 Å². The monoisotopic (exact) mass is 650 g/mol. The Hall–Kier alpha value is -1.99. The van der Waals surface area contributed by atoms with Gasteiger partial charge < -0.3 is 20.1 Å². The zero-order valence-electron chi connectivity index (χ0n) is 24.1. The van der Waals surface area contributed by atoms with Crippen LogP contribution in [0.3, 0.4) is 0 Å². The highest BCUT2D eigenvalue weighted by molar-refractivity contribution is 6.42. The van der Waals surface area contributed by atoms with E-state index in [4.69, 9.17) is 61.6 Å². The van der Waals surface area contributed by atoms with Gasteiger partial charge in [-0.05, 0) is 85.0 Å². The number of hydrogen-bond acceptors (Lipinski definition) is 4. The molecule has 0 saturated heterocycles. The Morgan fingerprint density at radius 3 is 2.21 bits per heavy atom. The van der Waals surface area contributed by atoms with Crippen LogP contribution in [0.2, 0.25) is 20.1 Å². The van der Waals surface area contributed by atoms with Gasteiger partial charge in [0.1, 0.15) is 0 Å². The number of methoxy groups -OCH3 is 1. The van der Waals surface area contributed by atoms with E-state index in [1.54, 1.807) is 7.11 Å². The molecule has 1 amide bonds. The molecule has 3 aromatic carbocycles. The molecule has 1 saturated carbocycles. The van der Waals surface area contributed by atoms with Crippen molar-refractivity contribution in [1.29, 1.82) is 0 Å². The predicted molar refractivity (Wildman–Crippen MR) is 173 cm³/mol. The van der Waals surface area contributed by atoms with Crippen LogP contribution >= 0.6 is 46.4 Å². The fraction of sp³-hybridized carbons (Fsp3) is 0.424. The average Bonchev–Trinajstić information content (AvgIpc) is 3.80. The van der Waals surface area contributed by atoms with Crippen LogP contribution in [0.4, 0.5) is 0 Å². The van der Waals surface area contributed by atoms with Crippen LogP contribution in [0.5, 0.6) is 5.75 Å². The Balaban J connectivity index is 1.37. The number of rotatable bonds is 15. The zero-order chi connectivity index (χ0) is 30.2. The molecule has 0 bridgehead atoms. The first-order valence-electron chi connectivity index (χ1n) is 14.3. The lowest BCUT2D eigenvalue weighted by Crippen LogP contribution is -2.41. The smallest absolute Gasteiger partial charge is 0.227 e. The van der Waals surface area contributed by atoms with Crippen LogP contribution in [-0.4, -0.2) is 43.7 Å². The fourth-order valence-corrected chi connectivity index (χ4v) is 6.21. The molecule has 0 aromatic heterocycles. The summed E-state index contributed by atoms with van der Waals surface area (Å²) >= 11 is 25.7. The molecule has 3 aromatic rings. The zero-order valence-corrected chi connectivity index (χ0v) is 27.1. The van der Waals surface area contributed by atoms with E-state index >= 15 is 0 Å². The number of aryl methyl sites for hydroxylation is 2. The van der Waals surface area contributed by atoms with Crippen LogP contribution < -0.4 is 10.5 Å². The number of nitrogens with zero attached hydrogens (tertiary/aromatic N) is 1. The van der Waals surface area contributed by atoms with Gasteiger partial charge in [-0.3, -0.25) is 4.79 Å². The van der Waals surface area contributed by atoms with Crippen molar-refractivity contribution in [2.24, 2.45) is 11.7 Å². The minimum Gasteiger partial charge on any atom is -0.490 e. The Kier molecular flexibility index (Phi) is 12.3. The summed E-state index contributed by atoms with van der Waals surface area (Å²) in [5.74, 6) is 0.234. The van der Waals surface area contributed by atoms with E-state index in [2.05, 4.69) is 30.3 Å². The second-order valence-corrected chi connectivity index (χ2v) is 12.6. The van der Waals surface area contributed by atoms with Crippen LogP contribution in [0.1, 0.15) is 47.1 Å². The first kappa shape index (κ1) is 32.9. The summed E-state index contributed by atoms with van der Waals surface area (Å²) in [6.45, 7) is 3.74. The molecule has 1 aliphatic carbocycles. The molecule has 0 heterocycles. The quantitative estimate of drug-likeness (QED) is 0.169. The van der Waals surface area contributed by atoms with Gasteiger partial charge in [-0.25, -0.2) is 0 Å². The number of carbonyl (C=O) groups excluding carboxylic acids is 1. The maximum atomic E-state index is 13.8. The van der Waals surface area contributed by atoms with E-state index in [0.29, 0.717) is 58.4 Å². The molecule has 0 spiro atoms. The summed E-state index contributed by atoms with van der Waals surface area (Å²) in [5, 5.41) is 2.03.